The molecule has 1 aromatic heterocycles. The second-order valence-corrected chi connectivity index (χ2v) is 4.80. The number of aryl methyl sites for hydroxylation is 3. The van der Waals surface area contributed by atoms with Crippen LogP contribution in [0.5, 0.6) is 0 Å². The lowest BCUT2D eigenvalue weighted by atomic mass is 10.1. The first-order valence-corrected chi connectivity index (χ1v) is 6.30. The Kier molecular flexibility index (Phi) is 3.62. The lowest BCUT2D eigenvalue weighted by Gasteiger charge is -2.02. The molecule has 0 saturated heterocycles. The molecule has 0 fully saturated rings. The van der Waals surface area contributed by atoms with E-state index in [9.17, 15) is 4.39 Å². The molecule has 2 nitrogen and oxygen atoms in total. The van der Waals surface area contributed by atoms with Gasteiger partial charge in [-0.3, -0.25) is 0 Å². The van der Waals surface area contributed by atoms with Gasteiger partial charge in [-0.05, 0) is 47.3 Å². The lowest BCUT2D eigenvalue weighted by Crippen LogP contribution is -1.96. The van der Waals surface area contributed by atoms with Crippen molar-refractivity contribution in [3.63, 3.8) is 0 Å². The van der Waals surface area contributed by atoms with Gasteiger partial charge in [-0.1, -0.05) is 18.2 Å². The molecule has 0 aliphatic heterocycles. The van der Waals surface area contributed by atoms with Crippen LogP contribution in [0.4, 0.5) is 4.39 Å². The number of rotatable bonds is 3. The summed E-state index contributed by atoms with van der Waals surface area (Å²) in [6, 6.07) is 6.88. The summed E-state index contributed by atoms with van der Waals surface area (Å²) in [6.45, 7) is 1.96. The highest BCUT2D eigenvalue weighted by Crippen LogP contribution is 2.19. The average molecular weight is 297 g/mol. The standard InChI is InChI=1S/C13H14BrFN2/c1-9-16-12(13(14)17(9)2)8-7-10-5-3-4-6-11(10)15/h3-6H,7-8H2,1-2H3. The first-order valence-electron chi connectivity index (χ1n) is 5.50. The number of halogens is 2. The van der Waals surface area contributed by atoms with E-state index in [1.165, 1.54) is 6.07 Å². The third kappa shape index (κ3) is 2.57. The highest BCUT2D eigenvalue weighted by molar-refractivity contribution is 9.10. The first-order chi connectivity index (χ1) is 8.09. The van der Waals surface area contributed by atoms with Crippen LogP contribution in [0.1, 0.15) is 17.1 Å². The maximum absolute atomic E-state index is 13.4. The summed E-state index contributed by atoms with van der Waals surface area (Å²) in [5.41, 5.74) is 1.72. The zero-order valence-corrected chi connectivity index (χ0v) is 11.5. The third-order valence-electron chi connectivity index (χ3n) is 2.90. The molecule has 0 aliphatic carbocycles. The monoisotopic (exact) mass is 296 g/mol. The first kappa shape index (κ1) is 12.3. The molecule has 2 aromatic rings. The van der Waals surface area contributed by atoms with Gasteiger partial charge in [0, 0.05) is 7.05 Å². The molecule has 90 valence electrons. The zero-order valence-electron chi connectivity index (χ0n) is 9.87. The number of nitrogens with zero attached hydrogens (tertiary/aromatic N) is 2. The van der Waals surface area contributed by atoms with Crippen LogP contribution in [0.25, 0.3) is 0 Å². The molecule has 0 aliphatic rings. The minimum atomic E-state index is -0.142. The minimum Gasteiger partial charge on any atom is -0.326 e. The average Bonchev–Trinajstić information content (AvgIpc) is 2.56. The van der Waals surface area contributed by atoms with Crippen molar-refractivity contribution >= 4 is 15.9 Å². The van der Waals surface area contributed by atoms with Crippen LogP contribution in [-0.4, -0.2) is 9.55 Å². The van der Waals surface area contributed by atoms with Crippen LogP contribution in [0.2, 0.25) is 0 Å². The van der Waals surface area contributed by atoms with Gasteiger partial charge in [0.25, 0.3) is 0 Å². The Labute approximate surface area is 109 Å². The molecular weight excluding hydrogens is 283 g/mol. The van der Waals surface area contributed by atoms with Crippen molar-refractivity contribution in [2.24, 2.45) is 7.05 Å². The van der Waals surface area contributed by atoms with Gasteiger partial charge in [-0.15, -0.1) is 0 Å². The molecule has 0 N–H and O–H groups in total. The molecule has 0 spiro atoms. The molecule has 0 amide bonds. The van der Waals surface area contributed by atoms with E-state index in [0.29, 0.717) is 6.42 Å². The Morgan fingerprint density at radius 2 is 2.00 bits per heavy atom. The van der Waals surface area contributed by atoms with Crippen molar-refractivity contribution in [2.45, 2.75) is 19.8 Å². The molecule has 0 unspecified atom stereocenters. The van der Waals surface area contributed by atoms with E-state index in [4.69, 9.17) is 0 Å². The van der Waals surface area contributed by atoms with Crippen LogP contribution < -0.4 is 0 Å². The van der Waals surface area contributed by atoms with E-state index in [1.54, 1.807) is 6.07 Å². The Bertz CT molecular complexity index is 534. The summed E-state index contributed by atoms with van der Waals surface area (Å²) in [7, 11) is 1.96. The van der Waals surface area contributed by atoms with Crippen molar-refractivity contribution in [3.05, 3.63) is 51.8 Å². The van der Waals surface area contributed by atoms with Crippen molar-refractivity contribution in [2.75, 3.05) is 0 Å². The van der Waals surface area contributed by atoms with Gasteiger partial charge < -0.3 is 4.57 Å². The fourth-order valence-corrected chi connectivity index (χ4v) is 2.31. The molecule has 0 atom stereocenters. The topological polar surface area (TPSA) is 17.8 Å². The van der Waals surface area contributed by atoms with Gasteiger partial charge in [-0.25, -0.2) is 9.37 Å². The van der Waals surface area contributed by atoms with E-state index in [0.717, 1.165) is 28.1 Å². The minimum absolute atomic E-state index is 0.142. The van der Waals surface area contributed by atoms with Crippen LogP contribution in [-0.2, 0) is 19.9 Å². The highest BCUT2D eigenvalue weighted by Gasteiger charge is 2.10. The fourth-order valence-electron chi connectivity index (χ4n) is 1.77. The largest absolute Gasteiger partial charge is 0.326 e. The Hall–Kier alpha value is -1.16. The van der Waals surface area contributed by atoms with Crippen molar-refractivity contribution < 1.29 is 4.39 Å². The van der Waals surface area contributed by atoms with Crippen molar-refractivity contribution in [1.82, 2.24) is 9.55 Å². The van der Waals surface area contributed by atoms with Gasteiger partial charge >= 0.3 is 0 Å². The lowest BCUT2D eigenvalue weighted by molar-refractivity contribution is 0.608. The summed E-state index contributed by atoms with van der Waals surface area (Å²) in [5.74, 6) is 0.816. The predicted molar refractivity (Wildman–Crippen MR) is 69.5 cm³/mol. The van der Waals surface area contributed by atoms with E-state index >= 15 is 0 Å². The number of benzene rings is 1. The van der Waals surface area contributed by atoms with Gasteiger partial charge in [-0.2, -0.15) is 0 Å². The molecule has 17 heavy (non-hydrogen) atoms. The summed E-state index contributed by atoms with van der Waals surface area (Å²) in [4.78, 5) is 4.45. The maximum atomic E-state index is 13.4. The van der Waals surface area contributed by atoms with Crippen molar-refractivity contribution in [1.29, 1.82) is 0 Å². The van der Waals surface area contributed by atoms with Crippen LogP contribution >= 0.6 is 15.9 Å². The zero-order chi connectivity index (χ0) is 12.4. The molecule has 2 rings (SSSR count). The van der Waals surface area contributed by atoms with E-state index in [2.05, 4.69) is 20.9 Å². The molecule has 0 saturated carbocycles. The molecule has 0 bridgehead atoms. The SMILES string of the molecule is Cc1nc(CCc2ccccc2F)c(Br)n1C. The van der Waals surface area contributed by atoms with Gasteiger partial charge in [0.2, 0.25) is 0 Å². The molecular formula is C13H14BrFN2. The molecule has 1 heterocycles. The number of hydrogen-bond donors (Lipinski definition) is 0. The third-order valence-corrected chi connectivity index (χ3v) is 3.89. The van der Waals surface area contributed by atoms with Gasteiger partial charge in [0.05, 0.1) is 5.69 Å². The quantitative estimate of drug-likeness (QED) is 0.849. The number of hydrogen-bond acceptors (Lipinski definition) is 1. The van der Waals surface area contributed by atoms with Crippen LogP contribution in [0.3, 0.4) is 0 Å². The Morgan fingerprint density at radius 1 is 1.29 bits per heavy atom. The smallest absolute Gasteiger partial charge is 0.126 e. The Morgan fingerprint density at radius 3 is 2.59 bits per heavy atom. The number of aromatic nitrogens is 2. The normalized spacial score (nSPS) is 10.8. The molecule has 4 heteroatoms. The van der Waals surface area contributed by atoms with E-state index in [-0.39, 0.29) is 5.82 Å². The summed E-state index contributed by atoms with van der Waals surface area (Å²) < 4.78 is 16.4. The van der Waals surface area contributed by atoms with Gasteiger partial charge in [0.15, 0.2) is 0 Å². The molecule has 0 radical (unpaired) electrons. The summed E-state index contributed by atoms with van der Waals surface area (Å²) in [6.07, 6.45) is 1.41. The fraction of sp³-hybridized carbons (Fsp3) is 0.308. The second kappa shape index (κ2) is 5.00. The molecule has 1 aromatic carbocycles. The summed E-state index contributed by atoms with van der Waals surface area (Å²) in [5, 5.41) is 0. The Balaban J connectivity index is 2.13. The maximum Gasteiger partial charge on any atom is 0.126 e. The predicted octanol–water partition coefficient (Wildman–Crippen LogP) is 3.42. The highest BCUT2D eigenvalue weighted by atomic mass is 79.9. The van der Waals surface area contributed by atoms with E-state index in [1.807, 2.05) is 30.7 Å². The number of imidazole rings is 1. The van der Waals surface area contributed by atoms with Crippen LogP contribution in [0.15, 0.2) is 28.9 Å². The van der Waals surface area contributed by atoms with Gasteiger partial charge in [0.1, 0.15) is 16.2 Å². The summed E-state index contributed by atoms with van der Waals surface area (Å²) >= 11 is 3.50. The van der Waals surface area contributed by atoms with Crippen LogP contribution in [0, 0.1) is 12.7 Å². The van der Waals surface area contributed by atoms with Crippen molar-refractivity contribution in [3.8, 4) is 0 Å². The van der Waals surface area contributed by atoms with E-state index < -0.39 is 0 Å². The second-order valence-electron chi connectivity index (χ2n) is 4.05.